The summed E-state index contributed by atoms with van der Waals surface area (Å²) in [6.07, 6.45) is -0.491. The molecule has 1 aromatic rings. The van der Waals surface area contributed by atoms with Crippen LogP contribution in [0.5, 0.6) is 0 Å². The predicted octanol–water partition coefficient (Wildman–Crippen LogP) is 1.63. The summed E-state index contributed by atoms with van der Waals surface area (Å²) < 4.78 is 10.6. The van der Waals surface area contributed by atoms with E-state index in [0.29, 0.717) is 6.54 Å². The van der Waals surface area contributed by atoms with Crippen LogP contribution < -0.4 is 0 Å². The highest BCUT2D eigenvalue weighted by molar-refractivity contribution is 5.66. The quantitative estimate of drug-likeness (QED) is 0.620. The first-order chi connectivity index (χ1) is 9.75. The molecule has 0 aliphatic carbocycles. The van der Waals surface area contributed by atoms with Gasteiger partial charge in [0.05, 0.1) is 19.8 Å². The molecule has 4 nitrogen and oxygen atoms in total. The number of morpholine rings is 1. The van der Waals surface area contributed by atoms with Crippen LogP contribution in [0.3, 0.4) is 0 Å². The zero-order chi connectivity index (χ0) is 14.2. The third-order valence-corrected chi connectivity index (χ3v) is 3.03. The van der Waals surface area contributed by atoms with Crippen molar-refractivity contribution in [1.29, 1.82) is 0 Å². The van der Waals surface area contributed by atoms with Crippen molar-refractivity contribution in [3.63, 3.8) is 0 Å². The van der Waals surface area contributed by atoms with E-state index < -0.39 is 6.10 Å². The van der Waals surface area contributed by atoms with Gasteiger partial charge in [-0.05, 0) is 0 Å². The Bertz CT molecular complexity index is 483. The van der Waals surface area contributed by atoms with Crippen LogP contribution >= 0.6 is 0 Å². The minimum Gasteiger partial charge on any atom is -0.444 e. The van der Waals surface area contributed by atoms with Crippen molar-refractivity contribution >= 4 is 5.97 Å². The van der Waals surface area contributed by atoms with Gasteiger partial charge in [-0.1, -0.05) is 42.2 Å². The maximum absolute atomic E-state index is 11.2. The van der Waals surface area contributed by atoms with Crippen LogP contribution in [0.25, 0.3) is 0 Å². The number of hydrogen-bond donors (Lipinski definition) is 0. The van der Waals surface area contributed by atoms with Crippen molar-refractivity contribution in [3.8, 4) is 11.8 Å². The van der Waals surface area contributed by atoms with E-state index in [2.05, 4.69) is 16.7 Å². The summed E-state index contributed by atoms with van der Waals surface area (Å²) in [7, 11) is 0. The Balaban J connectivity index is 1.99. The van der Waals surface area contributed by atoms with E-state index in [1.54, 1.807) is 0 Å². The molecule has 1 aliphatic rings. The average molecular weight is 273 g/mol. The number of rotatable bonds is 3. The second-order valence-corrected chi connectivity index (χ2v) is 4.61. The van der Waals surface area contributed by atoms with E-state index in [0.717, 1.165) is 31.9 Å². The Morgan fingerprint density at radius 3 is 2.70 bits per heavy atom. The van der Waals surface area contributed by atoms with Crippen molar-refractivity contribution in [3.05, 3.63) is 35.9 Å². The van der Waals surface area contributed by atoms with Gasteiger partial charge in [-0.25, -0.2) is 0 Å². The second kappa shape index (κ2) is 7.68. The average Bonchev–Trinajstić information content (AvgIpc) is 2.48. The Kier molecular flexibility index (Phi) is 5.60. The van der Waals surface area contributed by atoms with E-state index >= 15 is 0 Å². The number of hydrogen-bond acceptors (Lipinski definition) is 4. The summed E-state index contributed by atoms with van der Waals surface area (Å²) >= 11 is 0. The molecular formula is C16H19NO3. The lowest BCUT2D eigenvalue weighted by molar-refractivity contribution is -0.144. The van der Waals surface area contributed by atoms with Crippen molar-refractivity contribution < 1.29 is 14.3 Å². The predicted molar refractivity (Wildman–Crippen MR) is 76.0 cm³/mol. The summed E-state index contributed by atoms with van der Waals surface area (Å²) in [4.78, 5) is 13.4. The van der Waals surface area contributed by atoms with E-state index in [-0.39, 0.29) is 5.97 Å². The smallest absolute Gasteiger partial charge is 0.304 e. The number of benzene rings is 1. The van der Waals surface area contributed by atoms with Crippen LogP contribution in [0.4, 0.5) is 0 Å². The second-order valence-electron chi connectivity index (χ2n) is 4.61. The Morgan fingerprint density at radius 2 is 2.05 bits per heavy atom. The Labute approximate surface area is 119 Å². The Morgan fingerprint density at radius 1 is 1.35 bits per heavy atom. The van der Waals surface area contributed by atoms with Crippen LogP contribution in [0, 0.1) is 11.8 Å². The molecule has 1 atom stereocenters. The lowest BCUT2D eigenvalue weighted by atomic mass is 10.1. The third kappa shape index (κ3) is 4.69. The summed E-state index contributed by atoms with van der Waals surface area (Å²) in [5.74, 6) is 5.82. The van der Waals surface area contributed by atoms with Gasteiger partial charge < -0.3 is 9.47 Å². The highest BCUT2D eigenvalue weighted by atomic mass is 16.5. The van der Waals surface area contributed by atoms with Gasteiger partial charge in [0.1, 0.15) is 0 Å². The molecule has 0 spiro atoms. The number of nitrogens with zero attached hydrogens (tertiary/aromatic N) is 1. The third-order valence-electron chi connectivity index (χ3n) is 3.03. The molecule has 1 aliphatic heterocycles. The van der Waals surface area contributed by atoms with Crippen molar-refractivity contribution in [1.82, 2.24) is 4.90 Å². The molecule has 20 heavy (non-hydrogen) atoms. The molecule has 0 bridgehead atoms. The number of carbonyl (C=O) groups excluding carboxylic acids is 1. The van der Waals surface area contributed by atoms with Crippen LogP contribution in [0.2, 0.25) is 0 Å². The van der Waals surface area contributed by atoms with Crippen LogP contribution in [-0.4, -0.2) is 43.7 Å². The van der Waals surface area contributed by atoms with Gasteiger partial charge in [-0.15, -0.1) is 0 Å². The SMILES string of the molecule is CC(=O)O[C@H](C#CCN1CCOCC1)c1ccccc1. The topological polar surface area (TPSA) is 38.8 Å². The Hall–Kier alpha value is -1.83. The van der Waals surface area contributed by atoms with Gasteiger partial charge in [0.15, 0.2) is 6.10 Å². The summed E-state index contributed by atoms with van der Waals surface area (Å²) in [6, 6.07) is 9.58. The number of esters is 1. The fourth-order valence-corrected chi connectivity index (χ4v) is 1.98. The molecule has 1 fully saturated rings. The molecule has 1 aromatic carbocycles. The van der Waals surface area contributed by atoms with Gasteiger partial charge >= 0.3 is 5.97 Å². The zero-order valence-electron chi connectivity index (χ0n) is 11.7. The summed E-state index contributed by atoms with van der Waals surface area (Å²) in [6.45, 7) is 5.39. The van der Waals surface area contributed by atoms with Crippen molar-refractivity contribution in [2.24, 2.45) is 0 Å². The first-order valence-corrected chi connectivity index (χ1v) is 6.76. The first-order valence-electron chi connectivity index (χ1n) is 6.76. The fraction of sp³-hybridized carbons (Fsp3) is 0.438. The molecule has 106 valence electrons. The number of ether oxygens (including phenoxy) is 2. The molecule has 0 aromatic heterocycles. The molecule has 0 amide bonds. The molecular weight excluding hydrogens is 254 g/mol. The zero-order valence-corrected chi connectivity index (χ0v) is 11.7. The van der Waals surface area contributed by atoms with Gasteiger partial charge in [0.25, 0.3) is 0 Å². The molecule has 0 unspecified atom stereocenters. The van der Waals surface area contributed by atoms with Crippen LogP contribution in [-0.2, 0) is 14.3 Å². The van der Waals surface area contributed by atoms with Crippen LogP contribution in [0.1, 0.15) is 18.6 Å². The van der Waals surface area contributed by atoms with E-state index in [4.69, 9.17) is 9.47 Å². The first kappa shape index (κ1) is 14.6. The van der Waals surface area contributed by atoms with E-state index in [9.17, 15) is 4.79 Å². The van der Waals surface area contributed by atoms with Crippen LogP contribution in [0.15, 0.2) is 30.3 Å². The molecule has 0 N–H and O–H groups in total. The number of carbonyl (C=O) groups is 1. The maximum Gasteiger partial charge on any atom is 0.304 e. The molecule has 1 saturated heterocycles. The largest absolute Gasteiger partial charge is 0.444 e. The normalized spacial score (nSPS) is 16.9. The van der Waals surface area contributed by atoms with Gasteiger partial charge in [-0.2, -0.15) is 0 Å². The maximum atomic E-state index is 11.2. The lowest BCUT2D eigenvalue weighted by Crippen LogP contribution is -2.36. The van der Waals surface area contributed by atoms with Gasteiger partial charge in [0, 0.05) is 25.6 Å². The highest BCUT2D eigenvalue weighted by Gasteiger charge is 2.12. The molecule has 0 saturated carbocycles. The fourth-order valence-electron chi connectivity index (χ4n) is 1.98. The molecule has 2 rings (SSSR count). The van der Waals surface area contributed by atoms with Crippen molar-refractivity contribution in [2.45, 2.75) is 13.0 Å². The summed E-state index contributed by atoms with van der Waals surface area (Å²) in [5, 5.41) is 0. The molecule has 0 radical (unpaired) electrons. The van der Waals surface area contributed by atoms with E-state index in [1.165, 1.54) is 6.92 Å². The molecule has 1 heterocycles. The highest BCUT2D eigenvalue weighted by Crippen LogP contribution is 2.16. The van der Waals surface area contributed by atoms with Gasteiger partial charge in [0.2, 0.25) is 0 Å². The standard InChI is InChI=1S/C16H19NO3/c1-14(18)20-16(15-6-3-2-4-7-15)8-5-9-17-10-12-19-13-11-17/h2-4,6-7,16H,9-13H2,1H3/t16-/m1/s1. The van der Waals surface area contributed by atoms with Gasteiger partial charge in [-0.3, -0.25) is 9.69 Å². The monoisotopic (exact) mass is 273 g/mol. The molecule has 4 heteroatoms. The summed E-state index contributed by atoms with van der Waals surface area (Å²) in [5.41, 5.74) is 0.900. The van der Waals surface area contributed by atoms with E-state index in [1.807, 2.05) is 30.3 Å². The minimum atomic E-state index is -0.491. The van der Waals surface area contributed by atoms with Crippen molar-refractivity contribution in [2.75, 3.05) is 32.8 Å². The lowest BCUT2D eigenvalue weighted by Gasteiger charge is -2.24. The minimum absolute atomic E-state index is 0.320.